The molecular formula is C11H15ClN4O2. The molecule has 2 N–H and O–H groups in total. The number of hydrogen-bond donors (Lipinski definition) is 2. The predicted molar refractivity (Wildman–Crippen MR) is 68.7 cm³/mol. The molecule has 0 aromatic carbocycles. The number of urea groups is 1. The van der Waals surface area contributed by atoms with Gasteiger partial charge in [0.25, 0.3) is 5.91 Å². The number of nitrogens with one attached hydrogen (secondary N) is 2. The van der Waals surface area contributed by atoms with E-state index in [1.165, 1.54) is 17.2 Å². The van der Waals surface area contributed by atoms with Crippen LogP contribution >= 0.6 is 11.6 Å². The Morgan fingerprint density at radius 2 is 2.00 bits per heavy atom. The molecule has 98 valence electrons. The SMILES string of the molecule is CN(C)C(=O)NCCNC(=O)c1cc(Cl)ccn1. The van der Waals surface area contributed by atoms with Crippen molar-refractivity contribution in [1.82, 2.24) is 20.5 Å². The number of nitrogens with zero attached hydrogens (tertiary/aromatic N) is 2. The summed E-state index contributed by atoms with van der Waals surface area (Å²) in [5.74, 6) is -0.323. The molecule has 0 saturated heterocycles. The van der Waals surface area contributed by atoms with Gasteiger partial charge in [0.15, 0.2) is 0 Å². The fourth-order valence-corrected chi connectivity index (χ4v) is 1.28. The number of amides is 3. The normalized spacial score (nSPS) is 9.72. The third kappa shape index (κ3) is 4.58. The Morgan fingerprint density at radius 3 is 2.61 bits per heavy atom. The second kappa shape index (κ2) is 6.80. The van der Waals surface area contributed by atoms with Crippen LogP contribution in [0.5, 0.6) is 0 Å². The van der Waals surface area contributed by atoms with Gasteiger partial charge < -0.3 is 15.5 Å². The molecule has 0 atom stereocenters. The number of carbonyl (C=O) groups excluding carboxylic acids is 2. The summed E-state index contributed by atoms with van der Waals surface area (Å²) in [4.78, 5) is 28.1. The number of aromatic nitrogens is 1. The largest absolute Gasteiger partial charge is 0.349 e. The molecule has 0 aliphatic rings. The molecule has 0 aliphatic heterocycles. The highest BCUT2D eigenvalue weighted by Crippen LogP contribution is 2.07. The molecule has 0 unspecified atom stereocenters. The van der Waals surface area contributed by atoms with E-state index in [9.17, 15) is 9.59 Å². The Labute approximate surface area is 110 Å². The Bertz CT molecular complexity index is 437. The Hall–Kier alpha value is -1.82. The van der Waals surface area contributed by atoms with Gasteiger partial charge in [-0.25, -0.2) is 4.79 Å². The van der Waals surface area contributed by atoms with Crippen LogP contribution in [0.2, 0.25) is 5.02 Å². The minimum atomic E-state index is -0.323. The highest BCUT2D eigenvalue weighted by Gasteiger charge is 2.07. The molecule has 1 aromatic rings. The number of rotatable bonds is 4. The lowest BCUT2D eigenvalue weighted by Crippen LogP contribution is -2.39. The van der Waals surface area contributed by atoms with E-state index < -0.39 is 0 Å². The Kier molecular flexibility index (Phi) is 5.38. The van der Waals surface area contributed by atoms with Gasteiger partial charge in [0, 0.05) is 38.4 Å². The molecule has 0 spiro atoms. The number of hydrogen-bond acceptors (Lipinski definition) is 3. The van der Waals surface area contributed by atoms with E-state index in [1.807, 2.05) is 0 Å². The molecule has 6 nitrogen and oxygen atoms in total. The van der Waals surface area contributed by atoms with Crippen molar-refractivity contribution in [1.29, 1.82) is 0 Å². The number of halogens is 1. The second-order valence-electron chi connectivity index (χ2n) is 3.74. The fraction of sp³-hybridized carbons (Fsp3) is 0.364. The van der Waals surface area contributed by atoms with E-state index in [4.69, 9.17) is 11.6 Å². The van der Waals surface area contributed by atoms with Gasteiger partial charge in [-0.15, -0.1) is 0 Å². The molecule has 0 saturated carbocycles. The first-order chi connectivity index (χ1) is 8.50. The highest BCUT2D eigenvalue weighted by molar-refractivity contribution is 6.30. The lowest BCUT2D eigenvalue weighted by Gasteiger charge is -2.12. The van der Waals surface area contributed by atoms with Crippen LogP contribution < -0.4 is 10.6 Å². The summed E-state index contributed by atoms with van der Waals surface area (Å²) in [6.45, 7) is 0.677. The van der Waals surface area contributed by atoms with Crippen molar-refractivity contribution in [3.05, 3.63) is 29.0 Å². The molecule has 0 bridgehead atoms. The van der Waals surface area contributed by atoms with E-state index in [-0.39, 0.29) is 17.6 Å². The van der Waals surface area contributed by atoms with Crippen LogP contribution in [-0.2, 0) is 0 Å². The maximum absolute atomic E-state index is 11.6. The lowest BCUT2D eigenvalue weighted by atomic mass is 10.3. The average molecular weight is 271 g/mol. The summed E-state index contributed by atoms with van der Waals surface area (Å²) in [5.41, 5.74) is 0.251. The van der Waals surface area contributed by atoms with Crippen LogP contribution in [0.1, 0.15) is 10.5 Å². The Morgan fingerprint density at radius 1 is 1.33 bits per heavy atom. The zero-order valence-electron chi connectivity index (χ0n) is 10.2. The molecule has 1 rings (SSSR count). The molecule has 18 heavy (non-hydrogen) atoms. The van der Waals surface area contributed by atoms with Crippen molar-refractivity contribution < 1.29 is 9.59 Å². The first kappa shape index (κ1) is 14.2. The van der Waals surface area contributed by atoms with Gasteiger partial charge in [-0.05, 0) is 12.1 Å². The summed E-state index contributed by atoms with van der Waals surface area (Å²) in [6.07, 6.45) is 1.46. The molecule has 0 aliphatic carbocycles. The third-order valence-electron chi connectivity index (χ3n) is 2.05. The molecule has 3 amide bonds. The van der Waals surface area contributed by atoms with E-state index in [0.717, 1.165) is 0 Å². The van der Waals surface area contributed by atoms with E-state index in [1.54, 1.807) is 20.2 Å². The van der Waals surface area contributed by atoms with Gasteiger partial charge in [0.05, 0.1) is 0 Å². The molecule has 1 heterocycles. The van der Waals surface area contributed by atoms with Crippen LogP contribution in [-0.4, -0.2) is 49.0 Å². The van der Waals surface area contributed by atoms with Crippen molar-refractivity contribution in [2.45, 2.75) is 0 Å². The summed E-state index contributed by atoms with van der Waals surface area (Å²) in [5, 5.41) is 5.71. The van der Waals surface area contributed by atoms with Crippen molar-refractivity contribution in [2.24, 2.45) is 0 Å². The van der Waals surface area contributed by atoms with Crippen LogP contribution in [0.15, 0.2) is 18.3 Å². The molecule has 0 radical (unpaired) electrons. The van der Waals surface area contributed by atoms with Crippen molar-refractivity contribution >= 4 is 23.5 Å². The standard InChI is InChI=1S/C11H15ClN4O2/c1-16(2)11(18)15-6-5-14-10(17)9-7-8(12)3-4-13-9/h3-4,7H,5-6H2,1-2H3,(H,14,17)(H,15,18). The molecule has 1 aromatic heterocycles. The lowest BCUT2D eigenvalue weighted by molar-refractivity contribution is 0.0948. The highest BCUT2D eigenvalue weighted by atomic mass is 35.5. The fourth-order valence-electron chi connectivity index (χ4n) is 1.12. The monoisotopic (exact) mass is 270 g/mol. The molecule has 0 fully saturated rings. The molecular weight excluding hydrogens is 256 g/mol. The third-order valence-corrected chi connectivity index (χ3v) is 2.28. The smallest absolute Gasteiger partial charge is 0.316 e. The topological polar surface area (TPSA) is 74.3 Å². The van der Waals surface area contributed by atoms with Crippen LogP contribution in [0.4, 0.5) is 4.79 Å². The van der Waals surface area contributed by atoms with E-state index in [2.05, 4.69) is 15.6 Å². The summed E-state index contributed by atoms with van der Waals surface area (Å²) >= 11 is 5.74. The van der Waals surface area contributed by atoms with Gasteiger partial charge in [-0.2, -0.15) is 0 Å². The van der Waals surface area contributed by atoms with Crippen molar-refractivity contribution in [3.8, 4) is 0 Å². The first-order valence-corrected chi connectivity index (χ1v) is 5.73. The van der Waals surface area contributed by atoms with E-state index >= 15 is 0 Å². The second-order valence-corrected chi connectivity index (χ2v) is 4.18. The minimum Gasteiger partial charge on any atom is -0.349 e. The number of pyridine rings is 1. The zero-order valence-corrected chi connectivity index (χ0v) is 11.0. The summed E-state index contributed by atoms with van der Waals surface area (Å²) in [7, 11) is 3.29. The minimum absolute atomic E-state index is 0.204. The van der Waals surface area contributed by atoms with Crippen LogP contribution in [0.25, 0.3) is 0 Å². The van der Waals surface area contributed by atoms with Gasteiger partial charge in [-0.3, -0.25) is 9.78 Å². The molecule has 7 heteroatoms. The van der Waals surface area contributed by atoms with Crippen LogP contribution in [0.3, 0.4) is 0 Å². The number of carbonyl (C=O) groups is 2. The summed E-state index contributed by atoms with van der Waals surface area (Å²) < 4.78 is 0. The summed E-state index contributed by atoms with van der Waals surface area (Å²) in [6, 6.07) is 2.87. The van der Waals surface area contributed by atoms with Gasteiger partial charge in [0.2, 0.25) is 0 Å². The predicted octanol–water partition coefficient (Wildman–Crippen LogP) is 0.736. The van der Waals surface area contributed by atoms with Gasteiger partial charge in [-0.1, -0.05) is 11.6 Å². The van der Waals surface area contributed by atoms with Crippen molar-refractivity contribution in [3.63, 3.8) is 0 Å². The quantitative estimate of drug-likeness (QED) is 0.793. The van der Waals surface area contributed by atoms with Crippen LogP contribution in [0, 0.1) is 0 Å². The zero-order chi connectivity index (χ0) is 13.5. The average Bonchev–Trinajstić information content (AvgIpc) is 2.33. The van der Waals surface area contributed by atoms with Gasteiger partial charge in [0.1, 0.15) is 5.69 Å². The first-order valence-electron chi connectivity index (χ1n) is 5.35. The van der Waals surface area contributed by atoms with Gasteiger partial charge >= 0.3 is 6.03 Å². The maximum atomic E-state index is 11.6. The van der Waals surface area contributed by atoms with Crippen molar-refractivity contribution in [2.75, 3.05) is 27.2 Å². The van der Waals surface area contributed by atoms with E-state index in [0.29, 0.717) is 18.1 Å². The Balaban J connectivity index is 2.32. The maximum Gasteiger partial charge on any atom is 0.316 e.